The fourth-order valence-corrected chi connectivity index (χ4v) is 3.36. The van der Waals surface area contributed by atoms with E-state index in [-0.39, 0.29) is 11.9 Å². The highest BCUT2D eigenvalue weighted by Gasteiger charge is 2.14. The Morgan fingerprint density at radius 2 is 2.00 bits per heavy atom. The standard InChI is InChI=1S/C20H27N3O/c1-16(12-13-17-8-4-2-5-9-17)21-20(24)15-23-14-18-10-6-3-7-11-19(18)22-23/h2,4-5,8-9,14,16H,3,6-7,10-13,15H2,1H3,(H,21,24). The van der Waals surface area contributed by atoms with Crippen LogP contribution in [0.1, 0.15) is 49.4 Å². The molecule has 1 heterocycles. The van der Waals surface area contributed by atoms with Crippen molar-refractivity contribution in [3.05, 3.63) is 53.3 Å². The minimum absolute atomic E-state index is 0.0493. The van der Waals surface area contributed by atoms with E-state index in [1.807, 2.05) is 10.7 Å². The first kappa shape index (κ1) is 16.7. The van der Waals surface area contributed by atoms with Crippen LogP contribution in [-0.2, 0) is 30.6 Å². The lowest BCUT2D eigenvalue weighted by atomic mass is 10.1. The summed E-state index contributed by atoms with van der Waals surface area (Å²) in [6.45, 7) is 2.39. The quantitative estimate of drug-likeness (QED) is 0.829. The number of rotatable bonds is 6. The molecule has 24 heavy (non-hydrogen) atoms. The van der Waals surface area contributed by atoms with E-state index in [1.54, 1.807) is 0 Å². The third-order valence-electron chi connectivity index (χ3n) is 4.71. The Hall–Kier alpha value is -2.10. The molecule has 0 fully saturated rings. The Bertz CT molecular complexity index is 639. The molecule has 0 saturated carbocycles. The lowest BCUT2D eigenvalue weighted by Crippen LogP contribution is -2.35. The van der Waals surface area contributed by atoms with E-state index in [2.05, 4.69) is 47.8 Å². The molecule has 0 aliphatic heterocycles. The van der Waals surface area contributed by atoms with E-state index in [4.69, 9.17) is 0 Å². The molecule has 1 unspecified atom stereocenters. The number of aromatic nitrogens is 2. The van der Waals surface area contributed by atoms with Crippen molar-refractivity contribution in [2.75, 3.05) is 0 Å². The number of carbonyl (C=O) groups is 1. The fourth-order valence-electron chi connectivity index (χ4n) is 3.36. The molecule has 4 nitrogen and oxygen atoms in total. The van der Waals surface area contributed by atoms with Gasteiger partial charge in [0.15, 0.2) is 0 Å². The molecule has 128 valence electrons. The molecule has 1 aliphatic rings. The number of fused-ring (bicyclic) bond motifs is 1. The van der Waals surface area contributed by atoms with Crippen LogP contribution in [0.15, 0.2) is 36.5 Å². The Morgan fingerprint density at radius 1 is 1.21 bits per heavy atom. The minimum atomic E-state index is 0.0493. The molecule has 3 rings (SSSR count). The molecule has 0 bridgehead atoms. The van der Waals surface area contributed by atoms with Gasteiger partial charge in [-0.15, -0.1) is 0 Å². The second kappa shape index (κ2) is 8.13. The predicted octanol–water partition coefficient (Wildman–Crippen LogP) is 3.29. The lowest BCUT2D eigenvalue weighted by Gasteiger charge is -2.14. The Labute approximate surface area is 144 Å². The first-order valence-corrected chi connectivity index (χ1v) is 9.09. The number of amides is 1. The van der Waals surface area contributed by atoms with Crippen LogP contribution in [0.25, 0.3) is 0 Å². The van der Waals surface area contributed by atoms with Gasteiger partial charge in [-0.25, -0.2) is 0 Å². The van der Waals surface area contributed by atoms with Crippen LogP contribution in [-0.4, -0.2) is 21.7 Å². The van der Waals surface area contributed by atoms with Crippen LogP contribution in [0.4, 0.5) is 0 Å². The molecule has 1 aromatic carbocycles. The van der Waals surface area contributed by atoms with Gasteiger partial charge in [0.2, 0.25) is 5.91 Å². The summed E-state index contributed by atoms with van der Waals surface area (Å²) in [4.78, 5) is 12.2. The highest BCUT2D eigenvalue weighted by Crippen LogP contribution is 2.18. The third kappa shape index (κ3) is 4.70. The normalized spacial score (nSPS) is 15.4. The number of carbonyl (C=O) groups excluding carboxylic acids is 1. The van der Waals surface area contributed by atoms with Crippen molar-refractivity contribution in [1.29, 1.82) is 0 Å². The van der Waals surface area contributed by atoms with Gasteiger partial charge in [-0.3, -0.25) is 9.48 Å². The maximum absolute atomic E-state index is 12.2. The van der Waals surface area contributed by atoms with E-state index < -0.39 is 0 Å². The summed E-state index contributed by atoms with van der Waals surface area (Å²) >= 11 is 0. The summed E-state index contributed by atoms with van der Waals surface area (Å²) in [5.41, 5.74) is 3.84. The van der Waals surface area contributed by atoms with Crippen LogP contribution < -0.4 is 5.32 Å². The zero-order valence-corrected chi connectivity index (χ0v) is 14.5. The second-order valence-corrected chi connectivity index (χ2v) is 6.85. The molecule has 0 radical (unpaired) electrons. The molecule has 0 spiro atoms. The molecule has 0 saturated heterocycles. The highest BCUT2D eigenvalue weighted by atomic mass is 16.2. The number of hydrogen-bond donors (Lipinski definition) is 1. The Balaban J connectivity index is 1.46. The maximum Gasteiger partial charge on any atom is 0.241 e. The summed E-state index contributed by atoms with van der Waals surface area (Å²) < 4.78 is 1.81. The lowest BCUT2D eigenvalue weighted by molar-refractivity contribution is -0.122. The van der Waals surface area contributed by atoms with Gasteiger partial charge in [-0.1, -0.05) is 36.8 Å². The average Bonchev–Trinajstić information content (AvgIpc) is 2.82. The SMILES string of the molecule is CC(CCc1ccccc1)NC(=O)Cn1cc2c(n1)CCCCC2. The predicted molar refractivity (Wildman–Crippen MR) is 95.9 cm³/mol. The molecule has 4 heteroatoms. The number of nitrogens with one attached hydrogen (secondary N) is 1. The first-order chi connectivity index (χ1) is 11.7. The van der Waals surface area contributed by atoms with Gasteiger partial charge in [0, 0.05) is 12.2 Å². The number of nitrogens with zero attached hydrogens (tertiary/aromatic N) is 2. The Kier molecular flexibility index (Phi) is 5.68. The molecule has 1 N–H and O–H groups in total. The van der Waals surface area contributed by atoms with E-state index in [0.29, 0.717) is 6.54 Å². The minimum Gasteiger partial charge on any atom is -0.352 e. The van der Waals surface area contributed by atoms with Crippen molar-refractivity contribution in [2.24, 2.45) is 0 Å². The van der Waals surface area contributed by atoms with Gasteiger partial charge in [0.1, 0.15) is 6.54 Å². The van der Waals surface area contributed by atoms with Gasteiger partial charge in [-0.05, 0) is 56.6 Å². The highest BCUT2D eigenvalue weighted by molar-refractivity contribution is 5.75. The van der Waals surface area contributed by atoms with Crippen LogP contribution in [0.5, 0.6) is 0 Å². The summed E-state index contributed by atoms with van der Waals surface area (Å²) in [6.07, 6.45) is 9.89. The molecule has 1 amide bonds. The zero-order chi connectivity index (χ0) is 16.8. The third-order valence-corrected chi connectivity index (χ3v) is 4.71. The van der Waals surface area contributed by atoms with Gasteiger partial charge in [0.05, 0.1) is 5.69 Å². The van der Waals surface area contributed by atoms with Gasteiger partial charge in [0.25, 0.3) is 0 Å². The first-order valence-electron chi connectivity index (χ1n) is 9.09. The smallest absolute Gasteiger partial charge is 0.241 e. The van der Waals surface area contributed by atoms with Crippen LogP contribution in [0, 0.1) is 0 Å². The molecule has 1 aliphatic carbocycles. The Morgan fingerprint density at radius 3 is 2.83 bits per heavy atom. The molecule has 1 atom stereocenters. The van der Waals surface area contributed by atoms with Crippen molar-refractivity contribution >= 4 is 5.91 Å². The topological polar surface area (TPSA) is 46.9 Å². The van der Waals surface area contributed by atoms with E-state index in [0.717, 1.165) is 25.7 Å². The van der Waals surface area contributed by atoms with Gasteiger partial charge < -0.3 is 5.32 Å². The average molecular weight is 325 g/mol. The van der Waals surface area contributed by atoms with Crippen molar-refractivity contribution in [2.45, 2.75) is 64.5 Å². The van der Waals surface area contributed by atoms with Crippen molar-refractivity contribution in [3.8, 4) is 0 Å². The number of hydrogen-bond acceptors (Lipinski definition) is 2. The molecular weight excluding hydrogens is 298 g/mol. The zero-order valence-electron chi connectivity index (χ0n) is 14.5. The van der Waals surface area contributed by atoms with Crippen molar-refractivity contribution < 1.29 is 4.79 Å². The summed E-state index contributed by atoms with van der Waals surface area (Å²) in [5, 5.41) is 7.70. The van der Waals surface area contributed by atoms with E-state index in [9.17, 15) is 4.79 Å². The van der Waals surface area contributed by atoms with E-state index >= 15 is 0 Å². The largest absolute Gasteiger partial charge is 0.352 e. The van der Waals surface area contributed by atoms with Crippen LogP contribution in [0.3, 0.4) is 0 Å². The second-order valence-electron chi connectivity index (χ2n) is 6.85. The van der Waals surface area contributed by atoms with E-state index in [1.165, 1.54) is 36.1 Å². The number of aryl methyl sites for hydroxylation is 3. The maximum atomic E-state index is 12.2. The van der Waals surface area contributed by atoms with Crippen LogP contribution >= 0.6 is 0 Å². The monoisotopic (exact) mass is 325 g/mol. The van der Waals surface area contributed by atoms with Crippen molar-refractivity contribution in [3.63, 3.8) is 0 Å². The van der Waals surface area contributed by atoms with Crippen molar-refractivity contribution in [1.82, 2.24) is 15.1 Å². The fraction of sp³-hybridized carbons (Fsp3) is 0.500. The molecule has 1 aromatic heterocycles. The number of benzene rings is 1. The van der Waals surface area contributed by atoms with Crippen LogP contribution in [0.2, 0.25) is 0 Å². The molecular formula is C20H27N3O. The van der Waals surface area contributed by atoms with Gasteiger partial charge in [-0.2, -0.15) is 5.10 Å². The summed E-state index contributed by atoms with van der Waals surface area (Å²) in [6, 6.07) is 10.6. The summed E-state index contributed by atoms with van der Waals surface area (Å²) in [5.74, 6) is 0.0493. The van der Waals surface area contributed by atoms with Gasteiger partial charge >= 0.3 is 0 Å². The summed E-state index contributed by atoms with van der Waals surface area (Å²) in [7, 11) is 0. The molecule has 2 aromatic rings.